The molecule has 0 aliphatic carbocycles. The number of fused-ring (bicyclic) bond motifs is 1. The summed E-state index contributed by atoms with van der Waals surface area (Å²) >= 11 is 0. The maximum Gasteiger partial charge on any atom is 0.0804 e. The molecular weight excluding hydrogens is 250 g/mol. The first-order chi connectivity index (χ1) is 9.90. The second kappa shape index (κ2) is 5.79. The number of pyridine rings is 1. The van der Waals surface area contributed by atoms with E-state index in [0.29, 0.717) is 0 Å². The summed E-state index contributed by atoms with van der Waals surface area (Å²) in [6.07, 6.45) is 10.1. The van der Waals surface area contributed by atoms with Crippen molar-refractivity contribution in [3.8, 4) is 0 Å². The van der Waals surface area contributed by atoms with E-state index >= 15 is 0 Å². The average Bonchev–Trinajstić information content (AvgIpc) is 2.93. The molecule has 0 spiro atoms. The van der Waals surface area contributed by atoms with Gasteiger partial charge < -0.3 is 5.32 Å². The summed E-state index contributed by atoms with van der Waals surface area (Å²) in [6.45, 7) is 3.07. The van der Waals surface area contributed by atoms with Crippen molar-refractivity contribution >= 4 is 5.52 Å². The van der Waals surface area contributed by atoms with Gasteiger partial charge in [-0.1, -0.05) is 13.0 Å². The predicted octanol–water partition coefficient (Wildman–Crippen LogP) is 2.21. The van der Waals surface area contributed by atoms with Gasteiger partial charge in [-0.05, 0) is 25.1 Å². The molecule has 3 rings (SSSR count). The lowest BCUT2D eigenvalue weighted by molar-refractivity contribution is 0.587. The lowest BCUT2D eigenvalue weighted by Crippen LogP contribution is -2.24. The molecule has 0 bridgehead atoms. The highest BCUT2D eigenvalue weighted by atomic mass is 15.2. The Morgan fingerprint density at radius 3 is 3.00 bits per heavy atom. The molecule has 3 aromatic rings. The van der Waals surface area contributed by atoms with Crippen LogP contribution in [-0.2, 0) is 0 Å². The Balaban J connectivity index is 2.05. The van der Waals surface area contributed by atoms with Gasteiger partial charge in [-0.3, -0.25) is 9.97 Å². The maximum atomic E-state index is 4.43. The van der Waals surface area contributed by atoms with E-state index in [2.05, 4.69) is 33.4 Å². The van der Waals surface area contributed by atoms with Crippen molar-refractivity contribution in [2.24, 2.45) is 0 Å². The van der Waals surface area contributed by atoms with E-state index in [9.17, 15) is 0 Å². The summed E-state index contributed by atoms with van der Waals surface area (Å²) < 4.78 is 1.88. The molecule has 0 amide bonds. The molecule has 1 unspecified atom stereocenters. The van der Waals surface area contributed by atoms with Crippen molar-refractivity contribution in [3.05, 3.63) is 60.4 Å². The van der Waals surface area contributed by atoms with Gasteiger partial charge in [-0.15, -0.1) is 0 Å². The number of nitrogens with zero attached hydrogens (tertiary/aromatic N) is 4. The van der Waals surface area contributed by atoms with Crippen LogP contribution < -0.4 is 5.32 Å². The highest BCUT2D eigenvalue weighted by Crippen LogP contribution is 2.23. The molecule has 0 saturated carbocycles. The van der Waals surface area contributed by atoms with Gasteiger partial charge in [0.15, 0.2) is 0 Å². The Labute approximate surface area is 117 Å². The fourth-order valence-electron chi connectivity index (χ4n) is 2.30. The average molecular weight is 267 g/mol. The number of hydrogen-bond acceptors (Lipinski definition) is 4. The minimum atomic E-state index is 0.0172. The van der Waals surface area contributed by atoms with Crippen LogP contribution in [0.5, 0.6) is 0 Å². The van der Waals surface area contributed by atoms with Crippen molar-refractivity contribution < 1.29 is 0 Å². The van der Waals surface area contributed by atoms with Crippen molar-refractivity contribution in [1.82, 2.24) is 24.9 Å². The number of hydrogen-bond donors (Lipinski definition) is 1. The quantitative estimate of drug-likeness (QED) is 0.770. The first kappa shape index (κ1) is 12.7. The zero-order chi connectivity index (χ0) is 13.8. The summed E-state index contributed by atoms with van der Waals surface area (Å²) in [5.41, 5.74) is 3.13. The first-order valence-corrected chi connectivity index (χ1v) is 6.81. The summed E-state index contributed by atoms with van der Waals surface area (Å²) in [6, 6.07) is 6.08. The second-order valence-corrected chi connectivity index (χ2v) is 4.65. The molecule has 20 heavy (non-hydrogen) atoms. The van der Waals surface area contributed by atoms with Crippen molar-refractivity contribution in [1.29, 1.82) is 0 Å². The van der Waals surface area contributed by atoms with Gasteiger partial charge >= 0.3 is 0 Å². The Bertz CT molecular complexity index is 677. The van der Waals surface area contributed by atoms with E-state index in [4.69, 9.17) is 0 Å². The minimum absolute atomic E-state index is 0.0172. The third-order valence-corrected chi connectivity index (χ3v) is 3.24. The molecule has 102 valence electrons. The van der Waals surface area contributed by atoms with Crippen LogP contribution in [0.3, 0.4) is 0 Å². The fraction of sp³-hybridized carbons (Fsp3) is 0.267. The van der Waals surface area contributed by atoms with Gasteiger partial charge in [0.2, 0.25) is 0 Å². The number of nitrogens with one attached hydrogen (secondary N) is 1. The molecule has 0 saturated heterocycles. The van der Waals surface area contributed by atoms with Crippen molar-refractivity contribution in [2.45, 2.75) is 19.4 Å². The molecule has 0 aliphatic rings. The minimum Gasteiger partial charge on any atom is -0.305 e. The van der Waals surface area contributed by atoms with Crippen LogP contribution in [-0.4, -0.2) is 26.1 Å². The zero-order valence-electron chi connectivity index (χ0n) is 11.4. The second-order valence-electron chi connectivity index (χ2n) is 4.65. The standard InChI is InChI=1S/C15H17N5/c1-2-6-18-15(13-11-16-7-8-17-13)12-10-19-20-9-4-3-5-14(12)20/h3-5,7-11,15,18H,2,6H2,1H3. The van der Waals surface area contributed by atoms with Gasteiger partial charge in [-0.2, -0.15) is 5.10 Å². The largest absolute Gasteiger partial charge is 0.305 e. The summed E-state index contributed by atoms with van der Waals surface area (Å²) in [5.74, 6) is 0. The SMILES string of the molecule is CCCNC(c1cnccn1)c1cnn2ccccc12. The first-order valence-electron chi connectivity index (χ1n) is 6.81. The van der Waals surface area contributed by atoms with E-state index in [1.54, 1.807) is 18.6 Å². The molecule has 0 radical (unpaired) electrons. The predicted molar refractivity (Wildman–Crippen MR) is 77.4 cm³/mol. The molecule has 0 aromatic carbocycles. The molecule has 1 atom stereocenters. The molecule has 5 heteroatoms. The van der Waals surface area contributed by atoms with Crippen LogP contribution in [0.25, 0.3) is 5.52 Å². The third-order valence-electron chi connectivity index (χ3n) is 3.24. The van der Waals surface area contributed by atoms with Crippen LogP contribution in [0, 0.1) is 0 Å². The topological polar surface area (TPSA) is 55.1 Å². The lowest BCUT2D eigenvalue weighted by Gasteiger charge is -2.16. The van der Waals surface area contributed by atoms with Gasteiger partial charge in [0.05, 0.1) is 29.6 Å². The molecule has 5 nitrogen and oxygen atoms in total. The fourth-order valence-corrected chi connectivity index (χ4v) is 2.30. The van der Waals surface area contributed by atoms with Gasteiger partial charge in [0.1, 0.15) is 0 Å². The maximum absolute atomic E-state index is 4.43. The zero-order valence-corrected chi connectivity index (χ0v) is 11.4. The van der Waals surface area contributed by atoms with Crippen LogP contribution >= 0.6 is 0 Å². The smallest absolute Gasteiger partial charge is 0.0804 e. The van der Waals surface area contributed by atoms with Gasteiger partial charge in [0.25, 0.3) is 0 Å². The molecule has 3 aromatic heterocycles. The van der Waals surface area contributed by atoms with Crippen LogP contribution in [0.2, 0.25) is 0 Å². The Morgan fingerprint density at radius 2 is 2.20 bits per heavy atom. The molecule has 0 aliphatic heterocycles. The van der Waals surface area contributed by atoms with E-state index in [1.807, 2.05) is 29.0 Å². The normalized spacial score (nSPS) is 12.7. The highest BCUT2D eigenvalue weighted by Gasteiger charge is 2.18. The van der Waals surface area contributed by atoms with Crippen LogP contribution in [0.4, 0.5) is 0 Å². The van der Waals surface area contributed by atoms with Crippen molar-refractivity contribution in [3.63, 3.8) is 0 Å². The van der Waals surface area contributed by atoms with Gasteiger partial charge in [-0.25, -0.2) is 4.52 Å². The van der Waals surface area contributed by atoms with Crippen LogP contribution in [0.15, 0.2) is 49.2 Å². The molecule has 0 fully saturated rings. The van der Waals surface area contributed by atoms with E-state index in [0.717, 1.165) is 29.7 Å². The Morgan fingerprint density at radius 1 is 1.25 bits per heavy atom. The molecule has 1 N–H and O–H groups in total. The summed E-state index contributed by atoms with van der Waals surface area (Å²) in [5, 5.41) is 7.93. The van der Waals surface area contributed by atoms with Gasteiger partial charge in [0, 0.05) is 24.2 Å². The summed E-state index contributed by atoms with van der Waals surface area (Å²) in [4.78, 5) is 8.61. The Hall–Kier alpha value is -2.27. The lowest BCUT2D eigenvalue weighted by atomic mass is 10.1. The third kappa shape index (κ3) is 2.40. The van der Waals surface area contributed by atoms with Crippen molar-refractivity contribution in [2.75, 3.05) is 6.54 Å². The Kier molecular flexibility index (Phi) is 3.69. The van der Waals surface area contributed by atoms with E-state index < -0.39 is 0 Å². The number of rotatable bonds is 5. The highest BCUT2D eigenvalue weighted by molar-refractivity contribution is 5.56. The number of aromatic nitrogens is 4. The van der Waals surface area contributed by atoms with E-state index in [1.165, 1.54) is 0 Å². The molecular formula is C15H17N5. The monoisotopic (exact) mass is 267 g/mol. The molecule has 3 heterocycles. The van der Waals surface area contributed by atoms with Crippen LogP contribution in [0.1, 0.15) is 30.6 Å². The van der Waals surface area contributed by atoms with E-state index in [-0.39, 0.29) is 6.04 Å². The summed E-state index contributed by atoms with van der Waals surface area (Å²) in [7, 11) is 0.